The van der Waals surface area contributed by atoms with Gasteiger partial charge in [0.25, 0.3) is 0 Å². The molecule has 0 saturated carbocycles. The summed E-state index contributed by atoms with van der Waals surface area (Å²) in [6.07, 6.45) is 1.39. The van der Waals surface area contributed by atoms with Gasteiger partial charge in [0.05, 0.1) is 23.7 Å². The molecule has 0 aliphatic carbocycles. The molecular weight excluding hydrogens is 504 g/mol. The second-order valence-electron chi connectivity index (χ2n) is 9.23. The number of halogens is 1. The minimum Gasteiger partial charge on any atom is -0.461 e. The Kier molecular flexibility index (Phi) is 7.26. The molecule has 37 heavy (non-hydrogen) atoms. The van der Waals surface area contributed by atoms with Gasteiger partial charge in [-0.1, -0.05) is 67.9 Å². The van der Waals surface area contributed by atoms with Crippen LogP contribution < -0.4 is 10.0 Å². The number of carbonyl (C=O) groups excluding carboxylic acids is 1. The zero-order valence-corrected chi connectivity index (χ0v) is 22.7. The molecular formula is C29H29ClN4O2S. The van der Waals surface area contributed by atoms with E-state index in [4.69, 9.17) is 26.5 Å². The molecule has 1 spiro atoms. The molecule has 2 aliphatic rings. The Labute approximate surface area is 227 Å². The molecule has 3 aromatic rings. The summed E-state index contributed by atoms with van der Waals surface area (Å²) >= 11 is 7.58. The lowest BCUT2D eigenvalue weighted by atomic mass is 9.97. The van der Waals surface area contributed by atoms with Crippen LogP contribution in [0.1, 0.15) is 50.7 Å². The highest BCUT2D eigenvalue weighted by molar-refractivity contribution is 8.17. The average Bonchev–Trinajstić information content (AvgIpc) is 3.30. The predicted octanol–water partition coefficient (Wildman–Crippen LogP) is 7.25. The molecule has 190 valence electrons. The maximum absolute atomic E-state index is 12.8. The zero-order chi connectivity index (χ0) is 26.0. The van der Waals surface area contributed by atoms with Gasteiger partial charge < -0.3 is 4.74 Å². The van der Waals surface area contributed by atoms with Crippen molar-refractivity contribution in [1.29, 1.82) is 0 Å². The molecule has 2 heterocycles. The number of nitrogens with zero attached hydrogens (tertiary/aromatic N) is 4. The summed E-state index contributed by atoms with van der Waals surface area (Å²) in [6.45, 7) is 6.46. The van der Waals surface area contributed by atoms with Crippen LogP contribution in [-0.2, 0) is 9.53 Å². The fourth-order valence-corrected chi connectivity index (χ4v) is 5.89. The van der Waals surface area contributed by atoms with Gasteiger partial charge in [-0.15, -0.1) is 0 Å². The molecule has 0 fully saturated rings. The number of hydrazone groups is 2. The summed E-state index contributed by atoms with van der Waals surface area (Å²) < 4.78 is 5.33. The first-order chi connectivity index (χ1) is 17.9. The van der Waals surface area contributed by atoms with Crippen molar-refractivity contribution in [2.24, 2.45) is 10.2 Å². The van der Waals surface area contributed by atoms with Gasteiger partial charge in [0.1, 0.15) is 0 Å². The van der Waals surface area contributed by atoms with Gasteiger partial charge in [0, 0.05) is 11.4 Å². The van der Waals surface area contributed by atoms with E-state index in [0.29, 0.717) is 28.8 Å². The number of hydrogen-bond donors (Lipinski definition) is 0. The summed E-state index contributed by atoms with van der Waals surface area (Å²) in [5.41, 5.74) is 5.10. The van der Waals surface area contributed by atoms with E-state index in [1.54, 1.807) is 6.92 Å². The van der Waals surface area contributed by atoms with E-state index in [0.717, 1.165) is 22.6 Å². The molecule has 0 amide bonds. The maximum atomic E-state index is 12.8. The minimum absolute atomic E-state index is 0.281. The van der Waals surface area contributed by atoms with E-state index in [2.05, 4.69) is 38.1 Å². The third-order valence-electron chi connectivity index (χ3n) is 6.45. The van der Waals surface area contributed by atoms with Crippen LogP contribution in [0.4, 0.5) is 11.4 Å². The monoisotopic (exact) mass is 532 g/mol. The Hall–Kier alpha value is -3.29. The van der Waals surface area contributed by atoms with Crippen molar-refractivity contribution >= 4 is 51.5 Å². The van der Waals surface area contributed by atoms with Crippen molar-refractivity contribution in [1.82, 2.24) is 0 Å². The fraction of sp³-hybridized carbons (Fsp3) is 0.276. The number of esters is 1. The lowest BCUT2D eigenvalue weighted by Gasteiger charge is -2.46. The van der Waals surface area contributed by atoms with E-state index in [9.17, 15) is 4.79 Å². The van der Waals surface area contributed by atoms with E-state index in [1.165, 1.54) is 17.3 Å². The lowest BCUT2D eigenvalue weighted by Crippen LogP contribution is -2.56. The molecule has 0 N–H and O–H groups in total. The number of thioether (sulfide) groups is 1. The smallest absolute Gasteiger partial charge is 0.365 e. The van der Waals surface area contributed by atoms with Gasteiger partial charge in [0.2, 0.25) is 10.0 Å². The minimum atomic E-state index is -0.793. The molecule has 0 unspecified atom stereocenters. The molecule has 1 atom stereocenters. The van der Waals surface area contributed by atoms with Gasteiger partial charge in [0.15, 0.2) is 0 Å². The van der Waals surface area contributed by atoms with Crippen LogP contribution in [0.25, 0.3) is 0 Å². The van der Waals surface area contributed by atoms with Crippen molar-refractivity contribution in [3.05, 3.63) is 95.0 Å². The van der Waals surface area contributed by atoms with E-state index in [-0.39, 0.29) is 6.61 Å². The van der Waals surface area contributed by atoms with Gasteiger partial charge in [-0.25, -0.2) is 14.8 Å². The zero-order valence-electron chi connectivity index (χ0n) is 21.1. The average molecular weight is 533 g/mol. The molecule has 0 saturated heterocycles. The Balaban J connectivity index is 1.62. The van der Waals surface area contributed by atoms with Crippen LogP contribution >= 0.6 is 23.4 Å². The van der Waals surface area contributed by atoms with Gasteiger partial charge in [-0.3, -0.25) is 0 Å². The number of hydrogen-bond acceptors (Lipinski definition) is 7. The molecule has 6 nitrogen and oxygen atoms in total. The van der Waals surface area contributed by atoms with Crippen molar-refractivity contribution < 1.29 is 9.53 Å². The number of carbonyl (C=O) groups is 1. The van der Waals surface area contributed by atoms with Crippen LogP contribution in [0.2, 0.25) is 5.02 Å². The van der Waals surface area contributed by atoms with Crippen molar-refractivity contribution in [2.45, 2.75) is 44.5 Å². The van der Waals surface area contributed by atoms with Crippen molar-refractivity contribution in [3.8, 4) is 0 Å². The fourth-order valence-electron chi connectivity index (χ4n) is 4.52. The summed E-state index contributed by atoms with van der Waals surface area (Å²) in [4.78, 5) is 12.0. The quantitative estimate of drug-likeness (QED) is 0.313. The summed E-state index contributed by atoms with van der Waals surface area (Å²) in [6, 6.07) is 26.1. The predicted molar refractivity (Wildman–Crippen MR) is 154 cm³/mol. The number of ether oxygens (including phenoxy) is 1. The second kappa shape index (κ2) is 10.6. The lowest BCUT2D eigenvalue weighted by molar-refractivity contribution is -0.134. The molecule has 0 radical (unpaired) electrons. The first-order valence-corrected chi connectivity index (χ1v) is 13.6. The standard InChI is InChI=1S/C29H29ClN4O2S/c1-4-36-28(35)27-32-34(25-16-14-23(30)15-17-25)29(37-27)19-18-26(22-12-10-21(11-13-22)20(2)3)31-33(29)24-8-6-5-7-9-24/h5-17,20H,4,18-19H2,1-3H3/t29-/m0/s1. The summed E-state index contributed by atoms with van der Waals surface area (Å²) in [7, 11) is 0. The molecule has 0 aromatic heterocycles. The third-order valence-corrected chi connectivity index (χ3v) is 8.02. The van der Waals surface area contributed by atoms with Gasteiger partial charge >= 0.3 is 5.97 Å². The first-order valence-electron chi connectivity index (χ1n) is 12.4. The molecule has 5 rings (SSSR count). The highest BCUT2D eigenvalue weighted by Gasteiger charge is 2.53. The van der Waals surface area contributed by atoms with E-state index < -0.39 is 11.0 Å². The van der Waals surface area contributed by atoms with Gasteiger partial charge in [-0.2, -0.15) is 10.2 Å². The highest BCUT2D eigenvalue weighted by Crippen LogP contribution is 2.50. The normalized spacial score (nSPS) is 19.3. The molecule has 3 aromatic carbocycles. The Morgan fingerprint density at radius 3 is 2.27 bits per heavy atom. The molecule has 0 bridgehead atoms. The number of para-hydroxylation sites is 1. The van der Waals surface area contributed by atoms with Crippen LogP contribution in [-0.4, -0.2) is 28.3 Å². The van der Waals surface area contributed by atoms with Gasteiger partial charge in [-0.05, 0) is 78.5 Å². The summed E-state index contributed by atoms with van der Waals surface area (Å²) in [5, 5.41) is 14.8. The van der Waals surface area contributed by atoms with Crippen LogP contribution in [0.5, 0.6) is 0 Å². The third kappa shape index (κ3) is 4.98. The second-order valence-corrected chi connectivity index (χ2v) is 10.9. The SMILES string of the molecule is CCOC(=O)C1=NN(c2ccc(Cl)cc2)[C@@]2(CCC(c3ccc(C(C)C)cc3)=NN2c2ccccc2)S1. The first kappa shape index (κ1) is 25.4. The Morgan fingerprint density at radius 1 is 0.973 bits per heavy atom. The Morgan fingerprint density at radius 2 is 1.62 bits per heavy atom. The topological polar surface area (TPSA) is 57.5 Å². The Bertz CT molecular complexity index is 1330. The highest BCUT2D eigenvalue weighted by atomic mass is 35.5. The largest absolute Gasteiger partial charge is 0.461 e. The molecule has 2 aliphatic heterocycles. The number of benzene rings is 3. The molecule has 8 heteroatoms. The van der Waals surface area contributed by atoms with Crippen LogP contribution in [0.3, 0.4) is 0 Å². The van der Waals surface area contributed by atoms with E-state index in [1.807, 2.05) is 64.6 Å². The van der Waals surface area contributed by atoms with Crippen LogP contribution in [0.15, 0.2) is 89.1 Å². The summed E-state index contributed by atoms with van der Waals surface area (Å²) in [5.74, 6) is 0.0306. The van der Waals surface area contributed by atoms with Crippen molar-refractivity contribution in [3.63, 3.8) is 0 Å². The maximum Gasteiger partial charge on any atom is 0.365 e. The van der Waals surface area contributed by atoms with E-state index >= 15 is 0 Å². The van der Waals surface area contributed by atoms with Crippen molar-refractivity contribution in [2.75, 3.05) is 16.6 Å². The number of anilines is 2. The van der Waals surface area contributed by atoms with Crippen LogP contribution in [0, 0.1) is 0 Å². The number of rotatable bonds is 6.